The van der Waals surface area contributed by atoms with Crippen LogP contribution in [0, 0.1) is 5.92 Å². The lowest BCUT2D eigenvalue weighted by Gasteiger charge is -2.35. The highest BCUT2D eigenvalue weighted by atomic mass is 127. The van der Waals surface area contributed by atoms with Gasteiger partial charge in [0.2, 0.25) is 5.91 Å². The SMILES string of the molecule is CCNC(=NCC(C)Sc1ccccc1)NC1CCN(C(=O)C(CC)CC)CC1.I. The summed E-state index contributed by atoms with van der Waals surface area (Å²) in [5.74, 6) is 1.40. The summed E-state index contributed by atoms with van der Waals surface area (Å²) in [5, 5.41) is 7.36. The minimum absolute atomic E-state index is 0. The first-order valence-corrected chi connectivity index (χ1v) is 12.0. The van der Waals surface area contributed by atoms with Gasteiger partial charge < -0.3 is 15.5 Å². The van der Waals surface area contributed by atoms with Crippen molar-refractivity contribution in [2.24, 2.45) is 10.9 Å². The maximum atomic E-state index is 12.6. The second kappa shape index (κ2) is 14.9. The molecule has 0 spiro atoms. The molecule has 1 amide bonds. The molecule has 1 aromatic rings. The number of piperidine rings is 1. The van der Waals surface area contributed by atoms with Gasteiger partial charge in [0.15, 0.2) is 5.96 Å². The Morgan fingerprint density at radius 2 is 1.80 bits per heavy atom. The number of amides is 1. The quantitative estimate of drug-likeness (QED) is 0.203. The normalized spacial score (nSPS) is 16.2. The van der Waals surface area contributed by atoms with Crippen molar-refractivity contribution in [3.8, 4) is 0 Å². The van der Waals surface area contributed by atoms with Crippen LogP contribution in [-0.2, 0) is 4.79 Å². The van der Waals surface area contributed by atoms with Crippen LogP contribution in [0.3, 0.4) is 0 Å². The van der Waals surface area contributed by atoms with Crippen molar-refractivity contribution >= 4 is 47.6 Å². The highest BCUT2D eigenvalue weighted by Crippen LogP contribution is 2.22. The number of nitrogens with one attached hydrogen (secondary N) is 2. The van der Waals surface area contributed by atoms with Crippen LogP contribution in [0.5, 0.6) is 0 Å². The molecule has 1 aliphatic heterocycles. The Balaban J connectivity index is 0.00000450. The Labute approximate surface area is 204 Å². The Morgan fingerprint density at radius 3 is 2.37 bits per heavy atom. The first-order chi connectivity index (χ1) is 14.1. The second-order valence-corrected chi connectivity index (χ2v) is 9.23. The molecule has 170 valence electrons. The second-order valence-electron chi connectivity index (χ2n) is 7.72. The monoisotopic (exact) mass is 546 g/mol. The van der Waals surface area contributed by atoms with Crippen molar-refractivity contribution < 1.29 is 4.79 Å². The lowest BCUT2D eigenvalue weighted by molar-refractivity contribution is -0.136. The molecule has 1 saturated heterocycles. The summed E-state index contributed by atoms with van der Waals surface area (Å²) >= 11 is 1.85. The van der Waals surface area contributed by atoms with Crippen molar-refractivity contribution in [2.45, 2.75) is 69.6 Å². The van der Waals surface area contributed by atoms with E-state index >= 15 is 0 Å². The van der Waals surface area contributed by atoms with E-state index in [-0.39, 0.29) is 29.9 Å². The Hall–Kier alpha value is -0.960. The van der Waals surface area contributed by atoms with Gasteiger partial charge in [-0.2, -0.15) is 0 Å². The molecule has 2 N–H and O–H groups in total. The number of likely N-dealkylation sites (tertiary alicyclic amines) is 1. The first-order valence-electron chi connectivity index (χ1n) is 11.1. The number of halogens is 1. The van der Waals surface area contributed by atoms with Crippen molar-refractivity contribution in [1.29, 1.82) is 0 Å². The van der Waals surface area contributed by atoms with E-state index in [1.165, 1.54) is 4.90 Å². The van der Waals surface area contributed by atoms with Gasteiger partial charge >= 0.3 is 0 Å². The predicted octanol–water partition coefficient (Wildman–Crippen LogP) is 4.77. The maximum Gasteiger partial charge on any atom is 0.225 e. The fraction of sp³-hybridized carbons (Fsp3) is 0.652. The Kier molecular flexibility index (Phi) is 13.5. The molecule has 0 aromatic heterocycles. The smallest absolute Gasteiger partial charge is 0.225 e. The van der Waals surface area contributed by atoms with Gasteiger partial charge in [0.05, 0.1) is 6.54 Å². The summed E-state index contributed by atoms with van der Waals surface area (Å²) in [6.45, 7) is 11.8. The largest absolute Gasteiger partial charge is 0.357 e. The van der Waals surface area contributed by atoms with Crippen LogP contribution in [0.2, 0.25) is 0 Å². The predicted molar refractivity (Wildman–Crippen MR) is 140 cm³/mol. The molecule has 5 nitrogen and oxygen atoms in total. The molecule has 1 aliphatic rings. The number of benzene rings is 1. The average molecular weight is 547 g/mol. The molecule has 1 heterocycles. The third-order valence-electron chi connectivity index (χ3n) is 5.41. The summed E-state index contributed by atoms with van der Waals surface area (Å²) in [6, 6.07) is 10.9. The summed E-state index contributed by atoms with van der Waals surface area (Å²) in [5.41, 5.74) is 0. The average Bonchev–Trinajstić information content (AvgIpc) is 2.74. The highest BCUT2D eigenvalue weighted by molar-refractivity contribution is 14.0. The molecule has 1 atom stereocenters. The lowest BCUT2D eigenvalue weighted by atomic mass is 9.98. The number of hydrogen-bond donors (Lipinski definition) is 2. The minimum atomic E-state index is 0. The van der Waals surface area contributed by atoms with Gasteiger partial charge in [0, 0.05) is 41.7 Å². The number of nitrogens with zero attached hydrogens (tertiary/aromatic N) is 2. The molecule has 0 bridgehead atoms. The molecule has 2 rings (SSSR count). The van der Waals surface area contributed by atoms with Crippen LogP contribution < -0.4 is 10.6 Å². The van der Waals surface area contributed by atoms with Gasteiger partial charge in [-0.1, -0.05) is 39.0 Å². The van der Waals surface area contributed by atoms with Gasteiger partial charge in [-0.05, 0) is 44.7 Å². The standard InChI is InChI=1S/C23H38N4OS.HI/c1-5-19(6-2)22(28)27-15-13-20(14-16-27)26-23(24-7-3)25-17-18(4)29-21-11-9-8-10-12-21;/h8-12,18-20H,5-7,13-17H2,1-4H3,(H2,24,25,26);1H. The molecule has 0 aliphatic carbocycles. The molecule has 7 heteroatoms. The topological polar surface area (TPSA) is 56.7 Å². The van der Waals surface area contributed by atoms with Crippen molar-refractivity contribution in [3.63, 3.8) is 0 Å². The summed E-state index contributed by atoms with van der Waals surface area (Å²) in [6.07, 6.45) is 3.82. The molecule has 30 heavy (non-hydrogen) atoms. The summed E-state index contributed by atoms with van der Waals surface area (Å²) in [4.78, 5) is 20.7. The van der Waals surface area contributed by atoms with E-state index < -0.39 is 0 Å². The zero-order chi connectivity index (χ0) is 21.1. The zero-order valence-electron chi connectivity index (χ0n) is 18.9. The van der Waals surface area contributed by atoms with Crippen LogP contribution in [0.1, 0.15) is 53.4 Å². The van der Waals surface area contributed by atoms with E-state index in [0.29, 0.717) is 17.2 Å². The van der Waals surface area contributed by atoms with E-state index in [1.807, 2.05) is 17.8 Å². The number of guanidine groups is 1. The fourth-order valence-corrected chi connectivity index (χ4v) is 4.57. The van der Waals surface area contributed by atoms with E-state index in [1.54, 1.807) is 0 Å². The number of hydrogen-bond acceptors (Lipinski definition) is 3. The lowest BCUT2D eigenvalue weighted by Crippen LogP contribution is -2.50. The molecule has 1 unspecified atom stereocenters. The fourth-order valence-electron chi connectivity index (χ4n) is 3.64. The molecular formula is C23H39IN4OS. The van der Waals surface area contributed by atoms with E-state index in [4.69, 9.17) is 4.99 Å². The van der Waals surface area contributed by atoms with Crippen LogP contribution in [0.4, 0.5) is 0 Å². The first kappa shape index (κ1) is 27.1. The van der Waals surface area contributed by atoms with Crippen molar-refractivity contribution in [1.82, 2.24) is 15.5 Å². The Bertz CT molecular complexity index is 631. The molecular weight excluding hydrogens is 507 g/mol. The number of rotatable bonds is 9. The van der Waals surface area contributed by atoms with Crippen LogP contribution in [0.15, 0.2) is 40.2 Å². The van der Waals surface area contributed by atoms with E-state index in [2.05, 4.69) is 67.5 Å². The van der Waals surface area contributed by atoms with Gasteiger partial charge in [-0.25, -0.2) is 0 Å². The molecule has 1 aromatic carbocycles. The van der Waals surface area contributed by atoms with Gasteiger partial charge in [-0.15, -0.1) is 35.7 Å². The van der Waals surface area contributed by atoms with Gasteiger partial charge in [-0.3, -0.25) is 9.79 Å². The number of carbonyl (C=O) groups is 1. The zero-order valence-corrected chi connectivity index (χ0v) is 22.0. The number of thioether (sulfide) groups is 1. The maximum absolute atomic E-state index is 12.6. The molecule has 0 saturated carbocycles. The molecule has 1 fully saturated rings. The number of aliphatic imine (C=N–C) groups is 1. The van der Waals surface area contributed by atoms with E-state index in [0.717, 1.165) is 57.8 Å². The van der Waals surface area contributed by atoms with E-state index in [9.17, 15) is 4.79 Å². The van der Waals surface area contributed by atoms with Crippen molar-refractivity contribution in [3.05, 3.63) is 30.3 Å². The highest BCUT2D eigenvalue weighted by Gasteiger charge is 2.26. The van der Waals surface area contributed by atoms with Crippen molar-refractivity contribution in [2.75, 3.05) is 26.2 Å². The molecule has 0 radical (unpaired) electrons. The summed E-state index contributed by atoms with van der Waals surface area (Å²) in [7, 11) is 0. The third kappa shape index (κ3) is 9.04. The summed E-state index contributed by atoms with van der Waals surface area (Å²) < 4.78 is 0. The third-order valence-corrected chi connectivity index (χ3v) is 6.51. The van der Waals surface area contributed by atoms with Crippen LogP contribution >= 0.6 is 35.7 Å². The number of carbonyl (C=O) groups excluding carboxylic acids is 1. The minimum Gasteiger partial charge on any atom is -0.357 e. The van der Waals surface area contributed by atoms with Gasteiger partial charge in [0.25, 0.3) is 0 Å². The Morgan fingerprint density at radius 1 is 1.17 bits per heavy atom. The van der Waals surface area contributed by atoms with Crippen LogP contribution in [0.25, 0.3) is 0 Å². The van der Waals surface area contributed by atoms with Crippen LogP contribution in [-0.4, -0.2) is 54.2 Å². The van der Waals surface area contributed by atoms with Gasteiger partial charge in [0.1, 0.15) is 0 Å².